The first-order chi connectivity index (χ1) is 8.75. The number of halogens is 1. The molecule has 2 aromatic rings. The summed E-state index contributed by atoms with van der Waals surface area (Å²) in [5.41, 5.74) is 8.31. The van der Waals surface area contributed by atoms with E-state index in [-0.39, 0.29) is 11.2 Å². The first-order valence-electron chi connectivity index (χ1n) is 6.72. The summed E-state index contributed by atoms with van der Waals surface area (Å²) >= 11 is 0. The van der Waals surface area contributed by atoms with Crippen molar-refractivity contribution in [2.24, 2.45) is 5.73 Å². The maximum absolute atomic E-state index is 13.4. The summed E-state index contributed by atoms with van der Waals surface area (Å²) in [6.45, 7) is 0.649. The maximum Gasteiger partial charge on any atom is 0.123 e. The molecule has 0 atom stereocenters. The molecule has 3 heteroatoms. The summed E-state index contributed by atoms with van der Waals surface area (Å²) in [6.07, 6.45) is 8.00. The highest BCUT2D eigenvalue weighted by molar-refractivity contribution is 5.84. The number of fused-ring (bicyclic) bond motifs is 1. The van der Waals surface area contributed by atoms with Crippen LogP contribution < -0.4 is 5.73 Å². The van der Waals surface area contributed by atoms with Crippen molar-refractivity contribution in [3.8, 4) is 0 Å². The van der Waals surface area contributed by atoms with Crippen molar-refractivity contribution >= 4 is 10.9 Å². The lowest BCUT2D eigenvalue weighted by atomic mass is 9.69. The van der Waals surface area contributed by atoms with E-state index in [0.717, 1.165) is 23.7 Å². The van der Waals surface area contributed by atoms with Crippen LogP contribution in [0.5, 0.6) is 0 Å². The third kappa shape index (κ3) is 1.74. The van der Waals surface area contributed by atoms with Gasteiger partial charge in [-0.1, -0.05) is 19.3 Å². The van der Waals surface area contributed by atoms with E-state index >= 15 is 0 Å². The van der Waals surface area contributed by atoms with Crippen molar-refractivity contribution in [2.75, 3.05) is 6.54 Å². The van der Waals surface area contributed by atoms with Gasteiger partial charge >= 0.3 is 0 Å². The SMILES string of the molecule is NCC1(c2c[nH]c3ccc(F)cc23)CCCCC1. The predicted molar refractivity (Wildman–Crippen MR) is 72.1 cm³/mol. The Morgan fingerprint density at radius 3 is 2.72 bits per heavy atom. The van der Waals surface area contributed by atoms with Gasteiger partial charge in [-0.3, -0.25) is 0 Å². The molecule has 0 amide bonds. The Morgan fingerprint density at radius 1 is 1.22 bits per heavy atom. The van der Waals surface area contributed by atoms with Crippen LogP contribution in [0.1, 0.15) is 37.7 Å². The Morgan fingerprint density at radius 2 is 2.00 bits per heavy atom. The molecule has 1 fully saturated rings. The first kappa shape index (κ1) is 11.7. The molecule has 0 radical (unpaired) electrons. The number of H-pyrrole nitrogens is 1. The van der Waals surface area contributed by atoms with Crippen LogP contribution in [-0.4, -0.2) is 11.5 Å². The van der Waals surface area contributed by atoms with Crippen LogP contribution >= 0.6 is 0 Å². The van der Waals surface area contributed by atoms with Gasteiger partial charge in [-0.25, -0.2) is 4.39 Å². The molecular weight excluding hydrogens is 227 g/mol. The fourth-order valence-electron chi connectivity index (χ4n) is 3.34. The number of rotatable bonds is 2. The van der Waals surface area contributed by atoms with Gasteiger partial charge < -0.3 is 10.7 Å². The van der Waals surface area contributed by atoms with Gasteiger partial charge in [0.2, 0.25) is 0 Å². The average molecular weight is 246 g/mol. The number of nitrogens with one attached hydrogen (secondary N) is 1. The summed E-state index contributed by atoms with van der Waals surface area (Å²) in [6, 6.07) is 4.94. The second-order valence-corrected chi connectivity index (χ2v) is 5.44. The second-order valence-electron chi connectivity index (χ2n) is 5.44. The Balaban J connectivity index is 2.14. The van der Waals surface area contributed by atoms with Gasteiger partial charge in [0.25, 0.3) is 0 Å². The molecule has 1 aliphatic carbocycles. The normalized spacial score (nSPS) is 19.2. The summed E-state index contributed by atoms with van der Waals surface area (Å²) in [5.74, 6) is -0.175. The molecule has 1 aromatic heterocycles. The molecule has 18 heavy (non-hydrogen) atoms. The van der Waals surface area contributed by atoms with Crippen molar-refractivity contribution in [1.29, 1.82) is 0 Å². The molecule has 0 aliphatic heterocycles. The van der Waals surface area contributed by atoms with Crippen LogP contribution in [-0.2, 0) is 5.41 Å². The molecular formula is C15H19FN2. The highest BCUT2D eigenvalue weighted by atomic mass is 19.1. The third-order valence-corrected chi connectivity index (χ3v) is 4.42. The Hall–Kier alpha value is -1.35. The lowest BCUT2D eigenvalue weighted by molar-refractivity contribution is 0.303. The Labute approximate surface area is 106 Å². The molecule has 1 aromatic carbocycles. The summed E-state index contributed by atoms with van der Waals surface area (Å²) in [4.78, 5) is 3.25. The quantitative estimate of drug-likeness (QED) is 0.837. The third-order valence-electron chi connectivity index (χ3n) is 4.42. The second kappa shape index (κ2) is 4.39. The van der Waals surface area contributed by atoms with Crippen LogP contribution in [0.15, 0.2) is 24.4 Å². The molecule has 3 N–H and O–H groups in total. The van der Waals surface area contributed by atoms with Gasteiger partial charge in [0.1, 0.15) is 5.82 Å². The van der Waals surface area contributed by atoms with E-state index in [1.807, 2.05) is 6.20 Å². The molecule has 3 rings (SSSR count). The zero-order chi connectivity index (χ0) is 12.6. The van der Waals surface area contributed by atoms with Gasteiger partial charge in [-0.15, -0.1) is 0 Å². The molecule has 0 bridgehead atoms. The van der Waals surface area contributed by atoms with Crippen LogP contribution in [0, 0.1) is 5.82 Å². The fourth-order valence-corrected chi connectivity index (χ4v) is 3.34. The van der Waals surface area contributed by atoms with E-state index in [2.05, 4.69) is 4.98 Å². The zero-order valence-electron chi connectivity index (χ0n) is 10.5. The molecule has 1 saturated carbocycles. The molecule has 0 saturated heterocycles. The highest BCUT2D eigenvalue weighted by Crippen LogP contribution is 2.41. The van der Waals surface area contributed by atoms with Crippen LogP contribution in [0.25, 0.3) is 10.9 Å². The maximum atomic E-state index is 13.4. The molecule has 0 spiro atoms. The number of hydrogen-bond acceptors (Lipinski definition) is 1. The minimum absolute atomic E-state index is 0.0459. The molecule has 0 unspecified atom stereocenters. The number of benzene rings is 1. The van der Waals surface area contributed by atoms with E-state index in [1.165, 1.54) is 30.9 Å². The lowest BCUT2D eigenvalue weighted by Gasteiger charge is -2.36. The van der Waals surface area contributed by atoms with Crippen molar-refractivity contribution in [1.82, 2.24) is 4.98 Å². The van der Waals surface area contributed by atoms with Crippen LogP contribution in [0.3, 0.4) is 0 Å². The van der Waals surface area contributed by atoms with Gasteiger partial charge in [0.05, 0.1) is 0 Å². The number of hydrogen-bond donors (Lipinski definition) is 2. The molecule has 1 aliphatic rings. The predicted octanol–water partition coefficient (Wildman–Crippen LogP) is 3.47. The summed E-state index contributed by atoms with van der Waals surface area (Å²) in [5, 5.41) is 1.00. The Bertz CT molecular complexity index is 553. The van der Waals surface area contributed by atoms with Gasteiger partial charge in [0.15, 0.2) is 0 Å². The van der Waals surface area contributed by atoms with Crippen LogP contribution in [0.4, 0.5) is 4.39 Å². The van der Waals surface area contributed by atoms with E-state index in [0.29, 0.717) is 6.54 Å². The van der Waals surface area contributed by atoms with E-state index < -0.39 is 0 Å². The van der Waals surface area contributed by atoms with Crippen molar-refractivity contribution in [3.05, 3.63) is 35.8 Å². The molecule has 2 nitrogen and oxygen atoms in total. The van der Waals surface area contributed by atoms with Gasteiger partial charge in [-0.05, 0) is 36.6 Å². The van der Waals surface area contributed by atoms with Crippen molar-refractivity contribution < 1.29 is 4.39 Å². The molecule has 1 heterocycles. The fraction of sp³-hybridized carbons (Fsp3) is 0.467. The Kier molecular flexibility index (Phi) is 2.86. The minimum atomic E-state index is -0.175. The van der Waals surface area contributed by atoms with E-state index in [9.17, 15) is 4.39 Å². The van der Waals surface area contributed by atoms with Crippen molar-refractivity contribution in [3.63, 3.8) is 0 Å². The van der Waals surface area contributed by atoms with E-state index in [1.54, 1.807) is 12.1 Å². The topological polar surface area (TPSA) is 41.8 Å². The van der Waals surface area contributed by atoms with E-state index in [4.69, 9.17) is 5.73 Å². The van der Waals surface area contributed by atoms with Gasteiger partial charge in [-0.2, -0.15) is 0 Å². The van der Waals surface area contributed by atoms with Crippen molar-refractivity contribution in [2.45, 2.75) is 37.5 Å². The number of aromatic nitrogens is 1. The first-order valence-corrected chi connectivity index (χ1v) is 6.72. The zero-order valence-corrected chi connectivity index (χ0v) is 10.5. The lowest BCUT2D eigenvalue weighted by Crippen LogP contribution is -2.36. The monoisotopic (exact) mass is 246 g/mol. The standard InChI is InChI=1S/C15H19FN2/c16-11-4-5-14-12(8-11)13(9-18-14)15(10-17)6-2-1-3-7-15/h4-5,8-9,18H,1-3,6-7,10,17H2. The minimum Gasteiger partial charge on any atom is -0.361 e. The number of nitrogens with two attached hydrogens (primary N) is 1. The smallest absolute Gasteiger partial charge is 0.123 e. The number of aromatic amines is 1. The highest BCUT2D eigenvalue weighted by Gasteiger charge is 2.34. The van der Waals surface area contributed by atoms with Crippen LogP contribution in [0.2, 0.25) is 0 Å². The largest absolute Gasteiger partial charge is 0.361 e. The van der Waals surface area contributed by atoms with Gasteiger partial charge in [0, 0.05) is 29.1 Å². The summed E-state index contributed by atoms with van der Waals surface area (Å²) < 4.78 is 13.4. The molecule has 96 valence electrons. The summed E-state index contributed by atoms with van der Waals surface area (Å²) in [7, 11) is 0. The average Bonchev–Trinajstić information content (AvgIpc) is 2.83.